The van der Waals surface area contributed by atoms with Gasteiger partial charge in [-0.05, 0) is 31.5 Å². The number of carbonyl (C=O) groups is 1. The number of imidazole rings is 1. The van der Waals surface area contributed by atoms with Crippen LogP contribution in [0.5, 0.6) is 0 Å². The van der Waals surface area contributed by atoms with Crippen LogP contribution in [0, 0.1) is 6.92 Å². The molecule has 0 fully saturated rings. The van der Waals surface area contributed by atoms with Crippen LogP contribution in [0.25, 0.3) is 11.0 Å². The monoisotopic (exact) mass is 246 g/mol. The summed E-state index contributed by atoms with van der Waals surface area (Å²) in [6.07, 6.45) is 0. The molecular formula is C13H18N4O. The maximum atomic E-state index is 11.1. The first-order valence-electron chi connectivity index (χ1n) is 6.08. The second kappa shape index (κ2) is 5.18. The largest absolute Gasteiger partial charge is 0.351 e. The highest BCUT2D eigenvalue weighted by molar-refractivity contribution is 5.79. The normalized spacial score (nSPS) is 10.8. The fraction of sp³-hybridized carbons (Fsp3) is 0.385. The average molecular weight is 246 g/mol. The Morgan fingerprint density at radius 3 is 2.94 bits per heavy atom. The number of aryl methyl sites for hydroxylation is 2. The summed E-state index contributed by atoms with van der Waals surface area (Å²) in [5, 5.41) is 2.75. The van der Waals surface area contributed by atoms with Crippen molar-refractivity contribution in [3.63, 3.8) is 0 Å². The highest BCUT2D eigenvalue weighted by atomic mass is 16.1. The number of nitrogens with zero attached hydrogens (tertiary/aromatic N) is 2. The minimum atomic E-state index is -0.148. The van der Waals surface area contributed by atoms with Gasteiger partial charge in [-0.15, -0.1) is 0 Å². The molecule has 0 atom stereocenters. The zero-order chi connectivity index (χ0) is 13.1. The number of hydrogen-bond donors (Lipinski definition) is 2. The Kier molecular flexibility index (Phi) is 3.62. The van der Waals surface area contributed by atoms with Crippen LogP contribution in [0.3, 0.4) is 0 Å². The number of nitrogens with one attached hydrogen (secondary N) is 1. The second-order valence-electron chi connectivity index (χ2n) is 4.21. The van der Waals surface area contributed by atoms with Crippen molar-refractivity contribution in [2.45, 2.75) is 26.9 Å². The van der Waals surface area contributed by atoms with Crippen molar-refractivity contribution in [3.05, 3.63) is 29.6 Å². The van der Waals surface area contributed by atoms with Crippen molar-refractivity contribution in [1.82, 2.24) is 14.9 Å². The van der Waals surface area contributed by atoms with Gasteiger partial charge in [-0.25, -0.2) is 4.98 Å². The van der Waals surface area contributed by atoms with Crippen molar-refractivity contribution in [1.29, 1.82) is 0 Å². The van der Waals surface area contributed by atoms with E-state index >= 15 is 0 Å². The highest BCUT2D eigenvalue weighted by Crippen LogP contribution is 2.17. The molecule has 0 spiro atoms. The van der Waals surface area contributed by atoms with Gasteiger partial charge in [0.25, 0.3) is 0 Å². The third-order valence-electron chi connectivity index (χ3n) is 2.99. The van der Waals surface area contributed by atoms with Crippen molar-refractivity contribution >= 4 is 16.9 Å². The minimum absolute atomic E-state index is 0.0197. The summed E-state index contributed by atoms with van der Waals surface area (Å²) in [5.74, 6) is 0.862. The van der Waals surface area contributed by atoms with Crippen molar-refractivity contribution in [3.8, 4) is 0 Å². The SMILES string of the molecule is CCn1c(C)nc2cc(CNC(=O)CN)ccc21. The van der Waals surface area contributed by atoms with Crippen LogP contribution >= 0.6 is 0 Å². The topological polar surface area (TPSA) is 72.9 Å². The second-order valence-corrected chi connectivity index (χ2v) is 4.21. The van der Waals surface area contributed by atoms with E-state index in [4.69, 9.17) is 5.73 Å². The number of amides is 1. The third kappa shape index (κ3) is 2.36. The number of rotatable bonds is 4. The summed E-state index contributed by atoms with van der Waals surface area (Å²) in [4.78, 5) is 15.6. The lowest BCUT2D eigenvalue weighted by molar-refractivity contribution is -0.119. The summed E-state index contributed by atoms with van der Waals surface area (Å²) in [5.41, 5.74) is 8.37. The van der Waals surface area contributed by atoms with Crippen molar-refractivity contribution in [2.24, 2.45) is 5.73 Å². The van der Waals surface area contributed by atoms with Crippen LogP contribution in [0.15, 0.2) is 18.2 Å². The zero-order valence-electron chi connectivity index (χ0n) is 10.7. The molecule has 1 aromatic carbocycles. The number of carbonyl (C=O) groups excluding carboxylic acids is 1. The van der Waals surface area contributed by atoms with Gasteiger partial charge in [-0.1, -0.05) is 6.07 Å². The Labute approximate surface area is 106 Å². The van der Waals surface area contributed by atoms with Gasteiger partial charge >= 0.3 is 0 Å². The molecule has 1 aromatic heterocycles. The number of hydrogen-bond acceptors (Lipinski definition) is 3. The van der Waals surface area contributed by atoms with Gasteiger partial charge in [-0.3, -0.25) is 4.79 Å². The van der Waals surface area contributed by atoms with Gasteiger partial charge in [-0.2, -0.15) is 0 Å². The van der Waals surface area contributed by atoms with Crippen molar-refractivity contribution < 1.29 is 4.79 Å². The van der Waals surface area contributed by atoms with Gasteiger partial charge in [0.1, 0.15) is 5.82 Å². The molecule has 0 aliphatic rings. The molecular weight excluding hydrogens is 228 g/mol. The number of fused-ring (bicyclic) bond motifs is 1. The fourth-order valence-electron chi connectivity index (χ4n) is 2.08. The molecule has 0 saturated heterocycles. The first-order valence-corrected chi connectivity index (χ1v) is 6.08. The zero-order valence-corrected chi connectivity index (χ0v) is 10.7. The predicted molar refractivity (Wildman–Crippen MR) is 71.0 cm³/mol. The maximum Gasteiger partial charge on any atom is 0.234 e. The number of benzene rings is 1. The quantitative estimate of drug-likeness (QED) is 0.843. The van der Waals surface area contributed by atoms with Crippen LogP contribution in [0.2, 0.25) is 0 Å². The van der Waals surface area contributed by atoms with E-state index in [1.54, 1.807) is 0 Å². The Balaban J connectivity index is 2.25. The summed E-state index contributed by atoms with van der Waals surface area (Å²) >= 11 is 0. The van der Waals surface area contributed by atoms with Gasteiger partial charge < -0.3 is 15.6 Å². The molecule has 1 amide bonds. The van der Waals surface area contributed by atoms with Gasteiger partial charge in [0, 0.05) is 13.1 Å². The molecule has 0 aliphatic heterocycles. The summed E-state index contributed by atoms with van der Waals surface area (Å²) in [6, 6.07) is 6.06. The van der Waals surface area contributed by atoms with E-state index in [1.807, 2.05) is 25.1 Å². The van der Waals surface area contributed by atoms with Gasteiger partial charge in [0.15, 0.2) is 0 Å². The van der Waals surface area contributed by atoms with Crippen LogP contribution in [-0.2, 0) is 17.9 Å². The first kappa shape index (κ1) is 12.6. The molecule has 0 aliphatic carbocycles. The number of nitrogens with two attached hydrogens (primary N) is 1. The molecule has 0 bridgehead atoms. The molecule has 1 heterocycles. The Morgan fingerprint density at radius 1 is 1.50 bits per heavy atom. The molecule has 5 nitrogen and oxygen atoms in total. The molecule has 2 rings (SSSR count). The fourth-order valence-corrected chi connectivity index (χ4v) is 2.08. The lowest BCUT2D eigenvalue weighted by Gasteiger charge is -2.05. The van der Waals surface area contributed by atoms with Gasteiger partial charge in [0.2, 0.25) is 5.91 Å². The third-order valence-corrected chi connectivity index (χ3v) is 2.99. The molecule has 96 valence electrons. The van der Waals surface area contributed by atoms with E-state index in [-0.39, 0.29) is 12.5 Å². The Hall–Kier alpha value is -1.88. The predicted octanol–water partition coefficient (Wildman–Crippen LogP) is 0.940. The lowest BCUT2D eigenvalue weighted by atomic mass is 10.2. The molecule has 0 saturated carbocycles. The molecule has 3 N–H and O–H groups in total. The lowest BCUT2D eigenvalue weighted by Crippen LogP contribution is -2.29. The summed E-state index contributed by atoms with van der Waals surface area (Å²) in [7, 11) is 0. The standard InChI is InChI=1S/C13H18N4O/c1-3-17-9(2)16-11-6-10(4-5-12(11)17)8-15-13(18)7-14/h4-6H,3,7-8,14H2,1-2H3,(H,15,18). The Morgan fingerprint density at radius 2 is 2.28 bits per heavy atom. The molecule has 0 unspecified atom stereocenters. The number of aromatic nitrogens is 2. The van der Waals surface area contributed by atoms with E-state index in [2.05, 4.69) is 21.8 Å². The van der Waals surface area contributed by atoms with E-state index in [0.29, 0.717) is 6.54 Å². The molecule has 5 heteroatoms. The van der Waals surface area contributed by atoms with E-state index in [9.17, 15) is 4.79 Å². The summed E-state index contributed by atoms with van der Waals surface area (Å²) in [6.45, 7) is 5.52. The van der Waals surface area contributed by atoms with Crippen LogP contribution in [0.4, 0.5) is 0 Å². The van der Waals surface area contributed by atoms with E-state index in [0.717, 1.165) is 29.0 Å². The van der Waals surface area contributed by atoms with Crippen molar-refractivity contribution in [2.75, 3.05) is 6.54 Å². The van der Waals surface area contributed by atoms with Crippen LogP contribution < -0.4 is 11.1 Å². The molecule has 18 heavy (non-hydrogen) atoms. The molecule has 0 radical (unpaired) electrons. The van der Waals surface area contributed by atoms with Crippen LogP contribution in [0.1, 0.15) is 18.3 Å². The van der Waals surface area contributed by atoms with E-state index in [1.165, 1.54) is 0 Å². The first-order chi connectivity index (χ1) is 8.65. The summed E-state index contributed by atoms with van der Waals surface area (Å²) < 4.78 is 2.16. The maximum absolute atomic E-state index is 11.1. The Bertz CT molecular complexity index is 574. The molecule has 2 aromatic rings. The average Bonchev–Trinajstić information content (AvgIpc) is 2.70. The minimum Gasteiger partial charge on any atom is -0.351 e. The van der Waals surface area contributed by atoms with E-state index < -0.39 is 0 Å². The highest BCUT2D eigenvalue weighted by Gasteiger charge is 2.06. The van der Waals surface area contributed by atoms with Gasteiger partial charge in [0.05, 0.1) is 17.6 Å². The smallest absolute Gasteiger partial charge is 0.234 e. The van der Waals surface area contributed by atoms with Crippen LogP contribution in [-0.4, -0.2) is 22.0 Å².